The highest BCUT2D eigenvalue weighted by Gasteiger charge is 2.22. The van der Waals surface area contributed by atoms with Crippen molar-refractivity contribution in [2.45, 2.75) is 5.33 Å². The lowest BCUT2D eigenvalue weighted by Crippen LogP contribution is -2.02. The van der Waals surface area contributed by atoms with E-state index >= 15 is 0 Å². The van der Waals surface area contributed by atoms with Gasteiger partial charge in [0, 0.05) is 16.3 Å². The average Bonchev–Trinajstić information content (AvgIpc) is 2.97. The number of para-hydroxylation sites is 1. The Labute approximate surface area is 130 Å². The van der Waals surface area contributed by atoms with Crippen LogP contribution in [0.2, 0.25) is 0 Å². The number of hydrogen-bond acceptors (Lipinski definition) is 2. The minimum Gasteiger partial charge on any atom is -0.464 e. The summed E-state index contributed by atoms with van der Waals surface area (Å²) in [5.41, 5.74) is 4.04. The van der Waals surface area contributed by atoms with E-state index in [0.29, 0.717) is 10.9 Å². The lowest BCUT2D eigenvalue weighted by molar-refractivity contribution is -0.334. The maximum Gasteiger partial charge on any atom is 0.612 e. The van der Waals surface area contributed by atoms with Crippen LogP contribution < -0.4 is 0 Å². The molecule has 2 aromatic carbocycles. The quantitative estimate of drug-likeness (QED) is 0.519. The Balaban J connectivity index is 2.19. The molecule has 0 radical (unpaired) electrons. The maximum absolute atomic E-state index is 11.8. The Morgan fingerprint density at radius 2 is 2.05 bits per heavy atom. The highest BCUT2D eigenvalue weighted by Crippen LogP contribution is 2.32. The van der Waals surface area contributed by atoms with Gasteiger partial charge in [0.25, 0.3) is 0 Å². The smallest absolute Gasteiger partial charge is 0.464 e. The van der Waals surface area contributed by atoms with Crippen molar-refractivity contribution in [2.24, 2.45) is 0 Å². The second-order valence-electron chi connectivity index (χ2n) is 4.58. The molecule has 0 amide bonds. The second kappa shape index (κ2) is 5.66. The van der Waals surface area contributed by atoms with Gasteiger partial charge in [0.2, 0.25) is 0 Å². The predicted molar refractivity (Wildman–Crippen MR) is 85.7 cm³/mol. The predicted octanol–water partition coefficient (Wildman–Crippen LogP) is 4.50. The first kappa shape index (κ1) is 13.8. The summed E-state index contributed by atoms with van der Waals surface area (Å²) in [5.74, 6) is -0.445. The maximum atomic E-state index is 11.8. The minimum absolute atomic E-state index is 0.445. The number of alkyl halides is 1. The van der Waals surface area contributed by atoms with Gasteiger partial charge in [-0.15, -0.1) is 0 Å². The van der Waals surface area contributed by atoms with Gasteiger partial charge in [-0.2, -0.15) is 0 Å². The molecule has 0 saturated heterocycles. The van der Waals surface area contributed by atoms with Crippen LogP contribution in [0.3, 0.4) is 0 Å². The number of carbonyl (C=O) groups excluding carboxylic acids is 2. The van der Waals surface area contributed by atoms with Crippen molar-refractivity contribution in [3.63, 3.8) is 0 Å². The summed E-state index contributed by atoms with van der Waals surface area (Å²) in [6.45, 7) is 3.20. The normalized spacial score (nSPS) is 10.7. The van der Waals surface area contributed by atoms with E-state index in [1.54, 1.807) is 12.3 Å². The molecule has 0 bridgehead atoms. The second-order valence-corrected chi connectivity index (χ2v) is 5.14. The highest BCUT2D eigenvalue weighted by molar-refractivity contribution is 9.08. The number of halogens is 1. The minimum atomic E-state index is -0.445. The molecular formula is C17H12BrO3+. The summed E-state index contributed by atoms with van der Waals surface area (Å²) < 4.78 is 10.2. The summed E-state index contributed by atoms with van der Waals surface area (Å²) >= 11 is 3.37. The van der Waals surface area contributed by atoms with E-state index in [0.717, 1.165) is 27.7 Å². The van der Waals surface area contributed by atoms with Crippen molar-refractivity contribution < 1.29 is 13.6 Å². The van der Waals surface area contributed by atoms with Crippen LogP contribution in [-0.4, -0.2) is 12.8 Å². The fraction of sp³-hybridized carbons (Fsp3) is 0.0588. The van der Waals surface area contributed by atoms with Crippen molar-refractivity contribution in [3.05, 3.63) is 59.9 Å². The lowest BCUT2D eigenvalue weighted by atomic mass is 9.99. The summed E-state index contributed by atoms with van der Waals surface area (Å²) in [7, 11) is 0. The molecule has 0 aliphatic carbocycles. The van der Waals surface area contributed by atoms with Crippen molar-refractivity contribution in [1.82, 2.24) is 0 Å². The fourth-order valence-corrected chi connectivity index (χ4v) is 2.82. The zero-order chi connectivity index (χ0) is 14.8. The molecule has 0 aliphatic heterocycles. The van der Waals surface area contributed by atoms with E-state index < -0.39 is 5.97 Å². The highest BCUT2D eigenvalue weighted by atomic mass is 79.9. The van der Waals surface area contributed by atoms with Crippen LogP contribution in [-0.2, 0) is 9.75 Å². The Hall–Kier alpha value is -2.20. The van der Waals surface area contributed by atoms with Gasteiger partial charge in [-0.3, -0.25) is 4.42 Å². The van der Waals surface area contributed by atoms with E-state index in [9.17, 15) is 4.79 Å². The van der Waals surface area contributed by atoms with Gasteiger partial charge in [-0.25, -0.2) is 0 Å². The van der Waals surface area contributed by atoms with Gasteiger partial charge in [0.15, 0.2) is 6.79 Å². The SMILES string of the molecule is C=[O+]C(=O)c1cc(-c2coc3ccccc23)ccc1CBr. The number of rotatable bonds is 3. The molecule has 0 fully saturated rings. The number of carbonyl (C=O) groups is 1. The van der Waals surface area contributed by atoms with Gasteiger partial charge in [0.05, 0.1) is 11.1 Å². The topological polar surface area (TPSA) is 41.5 Å². The monoisotopic (exact) mass is 343 g/mol. The molecule has 3 aromatic rings. The molecule has 0 atom stereocenters. The third kappa shape index (κ3) is 2.43. The Kier molecular flexibility index (Phi) is 3.71. The van der Waals surface area contributed by atoms with Crippen molar-refractivity contribution in [3.8, 4) is 11.1 Å². The molecule has 104 valence electrons. The van der Waals surface area contributed by atoms with Crippen LogP contribution in [0, 0.1) is 0 Å². The molecule has 1 heterocycles. The van der Waals surface area contributed by atoms with Gasteiger partial charge >= 0.3 is 5.97 Å². The Morgan fingerprint density at radius 1 is 1.24 bits per heavy atom. The first-order chi connectivity index (χ1) is 10.2. The number of fused-ring (bicyclic) bond motifs is 1. The third-order valence-corrected chi connectivity index (χ3v) is 4.00. The van der Waals surface area contributed by atoms with E-state index in [-0.39, 0.29) is 0 Å². The fourth-order valence-electron chi connectivity index (χ4n) is 2.33. The van der Waals surface area contributed by atoms with Crippen molar-refractivity contribution >= 4 is 39.7 Å². The Bertz CT molecular complexity index is 833. The molecule has 0 saturated carbocycles. The molecule has 3 rings (SSSR count). The number of furan rings is 1. The van der Waals surface area contributed by atoms with Crippen LogP contribution in [0.15, 0.2) is 53.1 Å². The molecular weight excluding hydrogens is 332 g/mol. The van der Waals surface area contributed by atoms with Crippen LogP contribution in [0.1, 0.15) is 15.9 Å². The first-order valence-electron chi connectivity index (χ1n) is 6.36. The van der Waals surface area contributed by atoms with E-state index in [4.69, 9.17) is 4.42 Å². The Morgan fingerprint density at radius 3 is 2.81 bits per heavy atom. The van der Waals surface area contributed by atoms with Crippen LogP contribution in [0.4, 0.5) is 0 Å². The van der Waals surface area contributed by atoms with E-state index in [1.807, 2.05) is 36.4 Å². The van der Waals surface area contributed by atoms with Gasteiger partial charge in [0.1, 0.15) is 11.1 Å². The zero-order valence-electron chi connectivity index (χ0n) is 11.1. The first-order valence-corrected chi connectivity index (χ1v) is 7.48. The third-order valence-electron chi connectivity index (χ3n) is 3.40. The summed E-state index contributed by atoms with van der Waals surface area (Å²) in [6, 6.07) is 13.5. The standard InChI is InChI=1S/C17H12BrO3/c1-20-17(19)14-8-11(6-7-12(14)9-18)15-10-21-16-5-3-2-4-13(15)16/h2-8,10H,1,9H2/q+1. The van der Waals surface area contributed by atoms with Crippen LogP contribution in [0.5, 0.6) is 0 Å². The van der Waals surface area contributed by atoms with Crippen LogP contribution >= 0.6 is 15.9 Å². The molecule has 4 heteroatoms. The molecule has 0 aliphatic rings. The van der Waals surface area contributed by atoms with Crippen molar-refractivity contribution in [2.75, 3.05) is 0 Å². The molecule has 21 heavy (non-hydrogen) atoms. The number of hydrogen-bond donors (Lipinski definition) is 0. The van der Waals surface area contributed by atoms with Crippen molar-refractivity contribution in [1.29, 1.82) is 0 Å². The lowest BCUT2D eigenvalue weighted by Gasteiger charge is -2.03. The van der Waals surface area contributed by atoms with E-state index in [2.05, 4.69) is 27.1 Å². The zero-order valence-corrected chi connectivity index (χ0v) is 12.7. The van der Waals surface area contributed by atoms with Gasteiger partial charge < -0.3 is 4.42 Å². The number of benzene rings is 2. The molecule has 0 N–H and O–H groups in total. The molecule has 1 aromatic heterocycles. The van der Waals surface area contributed by atoms with E-state index in [1.165, 1.54) is 0 Å². The van der Waals surface area contributed by atoms with Gasteiger partial charge in [-0.05, 0) is 23.3 Å². The van der Waals surface area contributed by atoms with Gasteiger partial charge in [-0.1, -0.05) is 46.3 Å². The summed E-state index contributed by atoms with van der Waals surface area (Å²) in [5, 5.41) is 1.59. The molecule has 3 nitrogen and oxygen atoms in total. The summed E-state index contributed by atoms with van der Waals surface area (Å²) in [6.07, 6.45) is 1.70. The molecule has 0 unspecified atom stereocenters. The molecule has 0 spiro atoms. The average molecular weight is 344 g/mol. The summed E-state index contributed by atoms with van der Waals surface area (Å²) in [4.78, 5) is 11.8. The largest absolute Gasteiger partial charge is 0.612 e. The van der Waals surface area contributed by atoms with Crippen LogP contribution in [0.25, 0.3) is 22.1 Å².